The van der Waals surface area contributed by atoms with Crippen molar-refractivity contribution in [2.75, 3.05) is 32.8 Å². The minimum absolute atomic E-state index is 0.110. The predicted octanol–water partition coefficient (Wildman–Crippen LogP) is 3.75. The average Bonchev–Trinajstić information content (AvgIpc) is 3.01. The van der Waals surface area contributed by atoms with Crippen molar-refractivity contribution in [2.24, 2.45) is 0 Å². The molecule has 0 saturated carbocycles. The van der Waals surface area contributed by atoms with Gasteiger partial charge in [0, 0.05) is 13.1 Å². The molecule has 0 aliphatic carbocycles. The molecule has 0 radical (unpaired) electrons. The number of thioether (sulfide) groups is 1. The molecule has 164 valence electrons. The van der Waals surface area contributed by atoms with Crippen LogP contribution in [0.25, 0.3) is 6.08 Å². The first-order valence-corrected chi connectivity index (χ1v) is 11.9. The first kappa shape index (κ1) is 23.5. The number of amides is 3. The van der Waals surface area contributed by atoms with Crippen LogP contribution in [0.1, 0.15) is 31.7 Å². The third-order valence-corrected chi connectivity index (χ3v) is 6.51. The molecule has 0 aromatic heterocycles. The maximum absolute atomic E-state index is 12.8. The summed E-state index contributed by atoms with van der Waals surface area (Å²) in [5, 5.41) is -0.435. The minimum atomic E-state index is -0.457. The van der Waals surface area contributed by atoms with Crippen molar-refractivity contribution < 1.29 is 23.9 Å². The molecule has 2 saturated heterocycles. The summed E-state index contributed by atoms with van der Waals surface area (Å²) in [5.41, 5.74) is 0.689. The standard InChI is InChI=1S/C22H23IN2O5S/c1-3-10-30-20-16(23)11-15(12-17(20)29-4-2)13-18-21(27)25(22(28)31-18)14-19(26)24-8-6-5-7-9-24/h1,11-13H,4-10,14H2,2H3/b18-13-. The molecule has 9 heteroatoms. The van der Waals surface area contributed by atoms with E-state index >= 15 is 0 Å². The Kier molecular flexibility index (Phi) is 8.26. The fraction of sp³-hybridized carbons (Fsp3) is 0.409. The largest absolute Gasteiger partial charge is 0.490 e. The van der Waals surface area contributed by atoms with Crippen molar-refractivity contribution in [2.45, 2.75) is 26.2 Å². The Morgan fingerprint density at radius 1 is 1.26 bits per heavy atom. The summed E-state index contributed by atoms with van der Waals surface area (Å²) in [7, 11) is 0. The van der Waals surface area contributed by atoms with Crippen LogP contribution < -0.4 is 9.47 Å². The Morgan fingerprint density at radius 2 is 2.00 bits per heavy atom. The lowest BCUT2D eigenvalue weighted by atomic mass is 10.1. The van der Waals surface area contributed by atoms with Gasteiger partial charge in [0.2, 0.25) is 5.91 Å². The van der Waals surface area contributed by atoms with Crippen LogP contribution >= 0.6 is 34.4 Å². The molecule has 2 fully saturated rings. The zero-order chi connectivity index (χ0) is 22.4. The first-order valence-electron chi connectivity index (χ1n) is 10.00. The van der Waals surface area contributed by atoms with Crippen LogP contribution in [0, 0.1) is 15.9 Å². The second kappa shape index (κ2) is 10.9. The second-order valence-corrected chi connectivity index (χ2v) is 9.12. The van der Waals surface area contributed by atoms with Gasteiger partial charge in [-0.1, -0.05) is 5.92 Å². The van der Waals surface area contributed by atoms with Crippen LogP contribution in [-0.2, 0) is 9.59 Å². The van der Waals surface area contributed by atoms with Gasteiger partial charge in [-0.3, -0.25) is 19.3 Å². The molecular formula is C22H23IN2O5S. The number of halogens is 1. The fourth-order valence-corrected chi connectivity index (χ4v) is 4.97. The van der Waals surface area contributed by atoms with E-state index in [1.54, 1.807) is 17.0 Å². The second-order valence-electron chi connectivity index (χ2n) is 6.97. The maximum atomic E-state index is 12.8. The number of likely N-dealkylation sites (tertiary alicyclic amines) is 1. The molecule has 7 nitrogen and oxygen atoms in total. The van der Waals surface area contributed by atoms with E-state index in [9.17, 15) is 14.4 Å². The third-order valence-electron chi connectivity index (χ3n) is 4.81. The average molecular weight is 554 g/mol. The summed E-state index contributed by atoms with van der Waals surface area (Å²) in [6, 6.07) is 3.56. The van der Waals surface area contributed by atoms with E-state index in [0.717, 1.165) is 39.5 Å². The molecule has 2 aliphatic heterocycles. The molecule has 1 aromatic carbocycles. The number of ether oxygens (including phenoxy) is 2. The number of terminal acetylenes is 1. The molecule has 0 N–H and O–H groups in total. The van der Waals surface area contributed by atoms with Gasteiger partial charge in [-0.25, -0.2) is 0 Å². The highest BCUT2D eigenvalue weighted by Gasteiger charge is 2.37. The van der Waals surface area contributed by atoms with Gasteiger partial charge in [0.25, 0.3) is 11.1 Å². The lowest BCUT2D eigenvalue weighted by Gasteiger charge is -2.27. The van der Waals surface area contributed by atoms with Crippen molar-refractivity contribution in [3.8, 4) is 23.8 Å². The zero-order valence-corrected chi connectivity index (χ0v) is 20.2. The zero-order valence-electron chi connectivity index (χ0n) is 17.2. The number of carbonyl (C=O) groups excluding carboxylic acids is 3. The molecule has 2 heterocycles. The van der Waals surface area contributed by atoms with Crippen molar-refractivity contribution in [1.29, 1.82) is 0 Å². The molecule has 0 atom stereocenters. The molecule has 0 spiro atoms. The van der Waals surface area contributed by atoms with Gasteiger partial charge in [-0.15, -0.1) is 6.42 Å². The van der Waals surface area contributed by atoms with Crippen molar-refractivity contribution in [3.05, 3.63) is 26.2 Å². The van der Waals surface area contributed by atoms with Gasteiger partial charge in [-0.2, -0.15) is 0 Å². The Balaban J connectivity index is 1.78. The summed E-state index contributed by atoms with van der Waals surface area (Å²) in [6.45, 7) is 3.54. The number of piperidine rings is 1. The maximum Gasteiger partial charge on any atom is 0.294 e. The molecule has 3 amide bonds. The topological polar surface area (TPSA) is 76.2 Å². The quantitative estimate of drug-likeness (QED) is 0.291. The summed E-state index contributed by atoms with van der Waals surface area (Å²) in [4.78, 5) is 40.7. The molecule has 0 unspecified atom stereocenters. The first-order chi connectivity index (χ1) is 14.9. The van der Waals surface area contributed by atoms with E-state index in [1.807, 2.05) is 13.0 Å². The highest BCUT2D eigenvalue weighted by Crippen LogP contribution is 2.37. The van der Waals surface area contributed by atoms with E-state index in [0.29, 0.717) is 36.8 Å². The molecular weight excluding hydrogens is 531 g/mol. The molecule has 2 aliphatic rings. The summed E-state index contributed by atoms with van der Waals surface area (Å²) in [5.74, 6) is 2.83. The monoisotopic (exact) mass is 554 g/mol. The van der Waals surface area contributed by atoms with Crippen LogP contribution in [0.2, 0.25) is 0 Å². The Hall–Kier alpha value is -2.19. The Morgan fingerprint density at radius 3 is 2.68 bits per heavy atom. The van der Waals surface area contributed by atoms with Crippen molar-refractivity contribution in [1.82, 2.24) is 9.80 Å². The van der Waals surface area contributed by atoms with Crippen LogP contribution in [0.4, 0.5) is 4.79 Å². The van der Waals surface area contributed by atoms with Crippen LogP contribution in [0.5, 0.6) is 11.5 Å². The molecule has 0 bridgehead atoms. The number of carbonyl (C=O) groups is 3. The fourth-order valence-electron chi connectivity index (χ4n) is 3.35. The van der Waals surface area contributed by atoms with Gasteiger partial charge in [0.1, 0.15) is 13.2 Å². The summed E-state index contributed by atoms with van der Waals surface area (Å²) < 4.78 is 12.0. The van der Waals surface area contributed by atoms with Crippen LogP contribution in [0.15, 0.2) is 17.0 Å². The third kappa shape index (κ3) is 5.74. The minimum Gasteiger partial charge on any atom is -0.490 e. The van der Waals surface area contributed by atoms with Crippen molar-refractivity contribution in [3.63, 3.8) is 0 Å². The highest BCUT2D eigenvalue weighted by atomic mass is 127. The van der Waals surface area contributed by atoms with Gasteiger partial charge >= 0.3 is 0 Å². The number of hydrogen-bond donors (Lipinski definition) is 0. The number of benzene rings is 1. The van der Waals surface area contributed by atoms with Crippen LogP contribution in [-0.4, -0.2) is 59.7 Å². The van der Waals surface area contributed by atoms with E-state index in [1.165, 1.54) is 0 Å². The highest BCUT2D eigenvalue weighted by molar-refractivity contribution is 14.1. The summed E-state index contributed by atoms with van der Waals surface area (Å²) >= 11 is 2.94. The normalized spacial score (nSPS) is 17.8. The van der Waals surface area contributed by atoms with E-state index in [2.05, 4.69) is 28.5 Å². The molecule has 31 heavy (non-hydrogen) atoms. The van der Waals surface area contributed by atoms with Gasteiger partial charge in [-0.05, 0) is 84.3 Å². The lowest BCUT2D eigenvalue weighted by molar-refractivity contribution is -0.136. The Bertz CT molecular complexity index is 950. The van der Waals surface area contributed by atoms with Gasteiger partial charge < -0.3 is 14.4 Å². The lowest BCUT2D eigenvalue weighted by Crippen LogP contribution is -2.44. The van der Waals surface area contributed by atoms with E-state index in [4.69, 9.17) is 15.9 Å². The number of rotatable bonds is 7. The number of imide groups is 1. The van der Waals surface area contributed by atoms with Crippen LogP contribution in [0.3, 0.4) is 0 Å². The summed E-state index contributed by atoms with van der Waals surface area (Å²) in [6.07, 6.45) is 9.92. The van der Waals surface area contributed by atoms with Crippen molar-refractivity contribution >= 4 is 57.5 Å². The molecule has 1 aromatic rings. The van der Waals surface area contributed by atoms with E-state index in [-0.39, 0.29) is 24.0 Å². The smallest absolute Gasteiger partial charge is 0.294 e. The molecule has 3 rings (SSSR count). The van der Waals surface area contributed by atoms with E-state index < -0.39 is 11.1 Å². The SMILES string of the molecule is C#CCOc1c(I)cc(/C=C2\SC(=O)N(CC(=O)N3CCCCC3)C2=O)cc1OCC. The van der Waals surface area contributed by atoms with Gasteiger partial charge in [0.15, 0.2) is 11.5 Å². The Labute approximate surface area is 199 Å². The van der Waals surface area contributed by atoms with Gasteiger partial charge in [0.05, 0.1) is 15.1 Å². The number of hydrogen-bond acceptors (Lipinski definition) is 6. The number of nitrogens with zero attached hydrogens (tertiary/aromatic N) is 2. The predicted molar refractivity (Wildman–Crippen MR) is 128 cm³/mol.